The van der Waals surface area contributed by atoms with Crippen LogP contribution in [0.5, 0.6) is 0 Å². The second-order valence-electron chi connectivity index (χ2n) is 7.79. The van der Waals surface area contributed by atoms with Crippen molar-refractivity contribution in [3.63, 3.8) is 0 Å². The molecule has 1 aromatic carbocycles. The molecule has 1 aliphatic carbocycles. The van der Waals surface area contributed by atoms with E-state index in [-0.39, 0.29) is 24.8 Å². The third-order valence-electron chi connectivity index (χ3n) is 5.97. The average Bonchev–Trinajstić information content (AvgIpc) is 3.46. The molecule has 1 N–H and O–H groups in total. The van der Waals surface area contributed by atoms with Gasteiger partial charge in [-0.25, -0.2) is 0 Å². The second-order valence-corrected chi connectivity index (χ2v) is 7.79. The van der Waals surface area contributed by atoms with Crippen molar-refractivity contribution >= 4 is 11.9 Å². The summed E-state index contributed by atoms with van der Waals surface area (Å²) in [4.78, 5) is 30.5. The fourth-order valence-electron chi connectivity index (χ4n) is 4.39. The molecule has 2 atom stereocenters. The lowest BCUT2D eigenvalue weighted by atomic mass is 9.89. The molecule has 1 saturated carbocycles. The summed E-state index contributed by atoms with van der Waals surface area (Å²) in [7, 11) is 0. The Bertz CT molecular complexity index is 829. The van der Waals surface area contributed by atoms with Crippen LogP contribution >= 0.6 is 0 Å². The number of likely N-dealkylation sites (tertiary alicyclic amines) is 1. The van der Waals surface area contributed by atoms with E-state index >= 15 is 0 Å². The highest BCUT2D eigenvalue weighted by atomic mass is 16.5. The van der Waals surface area contributed by atoms with E-state index in [1.165, 1.54) is 12.8 Å². The van der Waals surface area contributed by atoms with Crippen molar-refractivity contribution in [3.05, 3.63) is 47.6 Å². The summed E-state index contributed by atoms with van der Waals surface area (Å²) in [6, 6.07) is 9.56. The number of aryl methyl sites for hydroxylation is 1. The molecule has 148 valence electrons. The Morgan fingerprint density at radius 1 is 1.14 bits per heavy atom. The number of nitrogens with zero attached hydrogens (tertiary/aromatic N) is 3. The van der Waals surface area contributed by atoms with Gasteiger partial charge in [-0.15, -0.1) is 0 Å². The quantitative estimate of drug-likeness (QED) is 0.824. The Hall–Kier alpha value is -2.70. The summed E-state index contributed by atoms with van der Waals surface area (Å²) in [5.41, 5.74) is 0.961. The van der Waals surface area contributed by atoms with Gasteiger partial charge in [0.05, 0.1) is 5.92 Å². The fraction of sp³-hybridized carbons (Fsp3) is 0.524. The SMILES string of the molecule is O=C(O)C1CN(C(=O)CCc2nc(C3CCCC3)no2)CC1c1ccccc1. The Labute approximate surface area is 163 Å². The van der Waals surface area contributed by atoms with E-state index in [9.17, 15) is 14.7 Å². The van der Waals surface area contributed by atoms with E-state index in [0.717, 1.165) is 24.2 Å². The first-order chi connectivity index (χ1) is 13.6. The molecular formula is C21H25N3O4. The van der Waals surface area contributed by atoms with Crippen LogP contribution in [0.25, 0.3) is 0 Å². The van der Waals surface area contributed by atoms with E-state index in [4.69, 9.17) is 4.52 Å². The highest BCUT2D eigenvalue weighted by Crippen LogP contribution is 2.34. The van der Waals surface area contributed by atoms with Gasteiger partial charge in [0.1, 0.15) is 0 Å². The number of carbonyl (C=O) groups is 2. The standard InChI is InChI=1S/C21H25N3O4/c25-19(11-10-18-22-20(23-28-18)15-8-4-5-9-15)24-12-16(17(13-24)21(26)27)14-6-2-1-3-7-14/h1-3,6-7,15-17H,4-5,8-13H2,(H,26,27). The molecule has 1 aliphatic heterocycles. The minimum absolute atomic E-state index is 0.0645. The van der Waals surface area contributed by atoms with E-state index in [1.807, 2.05) is 30.3 Å². The number of carboxylic acid groups (broad SMARTS) is 1. The first-order valence-corrected chi connectivity index (χ1v) is 10.00. The van der Waals surface area contributed by atoms with Gasteiger partial charge in [-0.2, -0.15) is 4.98 Å². The third kappa shape index (κ3) is 3.93. The van der Waals surface area contributed by atoms with Crippen molar-refractivity contribution in [1.82, 2.24) is 15.0 Å². The number of amides is 1. The molecule has 7 heteroatoms. The van der Waals surface area contributed by atoms with Gasteiger partial charge in [0.2, 0.25) is 11.8 Å². The molecular weight excluding hydrogens is 358 g/mol. The molecule has 2 aromatic rings. The molecule has 2 heterocycles. The van der Waals surface area contributed by atoms with Crippen LogP contribution in [0.2, 0.25) is 0 Å². The van der Waals surface area contributed by atoms with E-state index in [1.54, 1.807) is 4.90 Å². The van der Waals surface area contributed by atoms with Crippen molar-refractivity contribution < 1.29 is 19.2 Å². The zero-order chi connectivity index (χ0) is 19.5. The summed E-state index contributed by atoms with van der Waals surface area (Å²) < 4.78 is 5.31. The van der Waals surface area contributed by atoms with Gasteiger partial charge < -0.3 is 14.5 Å². The number of carbonyl (C=O) groups excluding carboxylic acids is 1. The van der Waals surface area contributed by atoms with Crippen LogP contribution in [0.3, 0.4) is 0 Å². The fourth-order valence-corrected chi connectivity index (χ4v) is 4.39. The van der Waals surface area contributed by atoms with Crippen LogP contribution in [0, 0.1) is 5.92 Å². The zero-order valence-electron chi connectivity index (χ0n) is 15.8. The Morgan fingerprint density at radius 2 is 1.89 bits per heavy atom. The minimum atomic E-state index is -0.859. The van der Waals surface area contributed by atoms with Crippen LogP contribution < -0.4 is 0 Å². The normalized spacial score (nSPS) is 22.6. The lowest BCUT2D eigenvalue weighted by Crippen LogP contribution is -2.30. The molecule has 2 fully saturated rings. The van der Waals surface area contributed by atoms with Gasteiger partial charge in [-0.1, -0.05) is 48.3 Å². The number of aromatic nitrogens is 2. The molecule has 0 spiro atoms. The topological polar surface area (TPSA) is 96.5 Å². The Morgan fingerprint density at radius 3 is 2.61 bits per heavy atom. The first-order valence-electron chi connectivity index (χ1n) is 10.00. The van der Waals surface area contributed by atoms with Gasteiger partial charge in [0.15, 0.2) is 5.82 Å². The first kappa shape index (κ1) is 18.7. The summed E-state index contributed by atoms with van der Waals surface area (Å²) in [5.74, 6) is -0.0499. The number of rotatable bonds is 6. The minimum Gasteiger partial charge on any atom is -0.481 e. The molecule has 2 aliphatic rings. The number of hydrogen-bond acceptors (Lipinski definition) is 5. The lowest BCUT2D eigenvalue weighted by molar-refractivity contribution is -0.141. The summed E-state index contributed by atoms with van der Waals surface area (Å²) in [6.45, 7) is 0.669. The van der Waals surface area contributed by atoms with Crippen LogP contribution in [0.4, 0.5) is 0 Å². The van der Waals surface area contributed by atoms with Gasteiger partial charge in [0, 0.05) is 37.8 Å². The van der Waals surface area contributed by atoms with E-state index < -0.39 is 11.9 Å². The average molecular weight is 383 g/mol. The molecule has 1 amide bonds. The van der Waals surface area contributed by atoms with Crippen molar-refractivity contribution in [2.24, 2.45) is 5.92 Å². The lowest BCUT2D eigenvalue weighted by Gasteiger charge is -2.16. The number of hydrogen-bond donors (Lipinski definition) is 1. The predicted octanol–water partition coefficient (Wildman–Crippen LogP) is 2.99. The molecule has 1 aromatic heterocycles. The summed E-state index contributed by atoms with van der Waals surface area (Å²) in [5, 5.41) is 13.7. The van der Waals surface area contributed by atoms with Crippen LogP contribution in [-0.2, 0) is 16.0 Å². The second kappa shape index (κ2) is 8.12. The van der Waals surface area contributed by atoms with Crippen molar-refractivity contribution in [2.75, 3.05) is 13.1 Å². The third-order valence-corrected chi connectivity index (χ3v) is 5.97. The smallest absolute Gasteiger partial charge is 0.308 e. The monoisotopic (exact) mass is 383 g/mol. The maximum absolute atomic E-state index is 12.7. The van der Waals surface area contributed by atoms with Gasteiger partial charge in [0.25, 0.3) is 0 Å². The van der Waals surface area contributed by atoms with Crippen LogP contribution in [-0.4, -0.2) is 45.1 Å². The molecule has 7 nitrogen and oxygen atoms in total. The molecule has 4 rings (SSSR count). The molecule has 28 heavy (non-hydrogen) atoms. The van der Waals surface area contributed by atoms with E-state index in [2.05, 4.69) is 10.1 Å². The molecule has 2 unspecified atom stereocenters. The number of carboxylic acids is 1. The van der Waals surface area contributed by atoms with Gasteiger partial charge >= 0.3 is 5.97 Å². The number of benzene rings is 1. The predicted molar refractivity (Wildman–Crippen MR) is 101 cm³/mol. The largest absolute Gasteiger partial charge is 0.481 e. The maximum Gasteiger partial charge on any atom is 0.308 e. The van der Waals surface area contributed by atoms with Crippen LogP contribution in [0.15, 0.2) is 34.9 Å². The molecule has 0 radical (unpaired) electrons. The zero-order valence-corrected chi connectivity index (χ0v) is 15.8. The molecule has 0 bridgehead atoms. The summed E-state index contributed by atoms with van der Waals surface area (Å²) in [6.07, 6.45) is 5.25. The highest BCUT2D eigenvalue weighted by molar-refractivity contribution is 5.79. The van der Waals surface area contributed by atoms with Crippen molar-refractivity contribution in [2.45, 2.75) is 50.4 Å². The highest BCUT2D eigenvalue weighted by Gasteiger charge is 2.40. The summed E-state index contributed by atoms with van der Waals surface area (Å²) >= 11 is 0. The van der Waals surface area contributed by atoms with Gasteiger partial charge in [-0.3, -0.25) is 9.59 Å². The van der Waals surface area contributed by atoms with Crippen molar-refractivity contribution in [1.29, 1.82) is 0 Å². The Kier molecular flexibility index (Phi) is 5.41. The number of aliphatic carboxylic acids is 1. The maximum atomic E-state index is 12.7. The Balaban J connectivity index is 1.36. The van der Waals surface area contributed by atoms with E-state index in [0.29, 0.717) is 24.8 Å². The molecule has 1 saturated heterocycles. The van der Waals surface area contributed by atoms with Crippen molar-refractivity contribution in [3.8, 4) is 0 Å². The van der Waals surface area contributed by atoms with Gasteiger partial charge in [-0.05, 0) is 18.4 Å². The van der Waals surface area contributed by atoms with Crippen LogP contribution in [0.1, 0.15) is 61.2 Å².